The molecule has 1 saturated heterocycles. The van der Waals surface area contributed by atoms with Crippen LogP contribution in [0, 0.1) is 6.92 Å². The third-order valence-corrected chi connectivity index (χ3v) is 5.62. The maximum absolute atomic E-state index is 13.4. The van der Waals surface area contributed by atoms with Gasteiger partial charge in [0.1, 0.15) is 11.8 Å². The fraction of sp³-hybridized carbons (Fsp3) is 0.333. The van der Waals surface area contributed by atoms with Crippen LogP contribution in [-0.2, 0) is 16.1 Å². The van der Waals surface area contributed by atoms with E-state index in [4.69, 9.17) is 21.1 Å². The number of esters is 1. The van der Waals surface area contributed by atoms with Gasteiger partial charge in [0.05, 0.1) is 19.3 Å². The second-order valence-electron chi connectivity index (χ2n) is 8.33. The van der Waals surface area contributed by atoms with Crippen LogP contribution < -0.4 is 21.4 Å². The minimum absolute atomic E-state index is 0.0265. The van der Waals surface area contributed by atoms with Gasteiger partial charge in [-0.3, -0.25) is 4.57 Å². The summed E-state index contributed by atoms with van der Waals surface area (Å²) in [4.78, 5) is 42.5. The van der Waals surface area contributed by atoms with Crippen LogP contribution in [0.2, 0.25) is 5.02 Å². The summed E-state index contributed by atoms with van der Waals surface area (Å²) in [7, 11) is 0. The van der Waals surface area contributed by atoms with Crippen LogP contribution >= 0.6 is 11.6 Å². The summed E-state index contributed by atoms with van der Waals surface area (Å²) in [5.74, 6) is 0.183. The number of nitrogens with zero attached hydrogens (tertiary/aromatic N) is 3. The molecule has 1 N–H and O–H groups in total. The topological polar surface area (TPSA) is 104 Å². The maximum atomic E-state index is 13.4. The first-order valence-corrected chi connectivity index (χ1v) is 11.3. The molecule has 3 aromatic rings. The third-order valence-electron chi connectivity index (χ3n) is 5.37. The summed E-state index contributed by atoms with van der Waals surface area (Å²) in [6, 6.07) is 11.4. The zero-order valence-corrected chi connectivity index (χ0v) is 19.8. The van der Waals surface area contributed by atoms with E-state index in [1.807, 2.05) is 32.9 Å². The maximum Gasteiger partial charge on any atom is 0.355 e. The standard InChI is InChI=1S/C24H25ClN4O5/c1-14(2)34-20-9-8-18(12-15(20)3)26-22-27-23(31)29(19-10-11-33-21(19)30)24(32)28(22)13-16-4-6-17(25)7-5-16/h4-9,12,14,19H,10-11,13H2,1-3H3,(H,26,27,31). The molecule has 1 fully saturated rings. The lowest BCUT2D eigenvalue weighted by atomic mass is 10.2. The van der Waals surface area contributed by atoms with Gasteiger partial charge in [-0.2, -0.15) is 4.98 Å². The molecule has 2 heterocycles. The molecule has 0 aliphatic carbocycles. The number of benzene rings is 2. The number of ether oxygens (including phenoxy) is 2. The molecular weight excluding hydrogens is 460 g/mol. The van der Waals surface area contributed by atoms with Crippen LogP contribution in [0.4, 0.5) is 11.6 Å². The molecule has 1 aliphatic rings. The van der Waals surface area contributed by atoms with Crippen molar-refractivity contribution < 1.29 is 14.3 Å². The number of aromatic nitrogens is 3. The summed E-state index contributed by atoms with van der Waals surface area (Å²) in [6.07, 6.45) is 0.262. The average molecular weight is 485 g/mol. The number of halogens is 1. The number of anilines is 2. The molecule has 1 aliphatic heterocycles. The van der Waals surface area contributed by atoms with Crippen LogP contribution in [-0.4, -0.2) is 32.8 Å². The first-order valence-electron chi connectivity index (χ1n) is 10.9. The van der Waals surface area contributed by atoms with Gasteiger partial charge in [-0.25, -0.2) is 19.0 Å². The second-order valence-corrected chi connectivity index (χ2v) is 8.76. The summed E-state index contributed by atoms with van der Waals surface area (Å²) in [5.41, 5.74) is 0.806. The van der Waals surface area contributed by atoms with E-state index >= 15 is 0 Å². The van der Waals surface area contributed by atoms with Crippen LogP contribution in [0.3, 0.4) is 0 Å². The Kier molecular flexibility index (Phi) is 6.74. The average Bonchev–Trinajstić information content (AvgIpc) is 3.19. The van der Waals surface area contributed by atoms with Gasteiger partial charge in [0.15, 0.2) is 0 Å². The Morgan fingerprint density at radius 2 is 1.91 bits per heavy atom. The summed E-state index contributed by atoms with van der Waals surface area (Å²) < 4.78 is 12.9. The molecular formula is C24H25ClN4O5. The highest BCUT2D eigenvalue weighted by Crippen LogP contribution is 2.25. The zero-order chi connectivity index (χ0) is 24.4. The molecule has 1 unspecified atom stereocenters. The number of hydrogen-bond donors (Lipinski definition) is 1. The molecule has 0 bridgehead atoms. The smallest absolute Gasteiger partial charge is 0.355 e. The van der Waals surface area contributed by atoms with Gasteiger partial charge < -0.3 is 14.8 Å². The Morgan fingerprint density at radius 3 is 2.53 bits per heavy atom. The fourth-order valence-corrected chi connectivity index (χ4v) is 3.87. The number of rotatable bonds is 7. The lowest BCUT2D eigenvalue weighted by Crippen LogP contribution is -2.45. The highest BCUT2D eigenvalue weighted by molar-refractivity contribution is 6.30. The van der Waals surface area contributed by atoms with Gasteiger partial charge in [-0.1, -0.05) is 23.7 Å². The number of nitrogens with one attached hydrogen (secondary N) is 1. The summed E-state index contributed by atoms with van der Waals surface area (Å²) in [6.45, 7) is 6.05. The van der Waals surface area contributed by atoms with E-state index in [1.165, 1.54) is 4.57 Å². The third kappa shape index (κ3) is 4.99. The van der Waals surface area contributed by atoms with E-state index in [-0.39, 0.29) is 31.6 Å². The normalized spacial score (nSPS) is 15.4. The molecule has 0 radical (unpaired) electrons. The predicted octanol–water partition coefficient (Wildman–Crippen LogP) is 3.43. The minimum Gasteiger partial charge on any atom is -0.491 e. The van der Waals surface area contributed by atoms with Crippen molar-refractivity contribution >= 4 is 29.2 Å². The molecule has 0 spiro atoms. The first-order chi connectivity index (χ1) is 16.2. The van der Waals surface area contributed by atoms with Crippen molar-refractivity contribution in [1.29, 1.82) is 0 Å². The number of hydrogen-bond acceptors (Lipinski definition) is 7. The van der Waals surface area contributed by atoms with E-state index in [9.17, 15) is 14.4 Å². The van der Waals surface area contributed by atoms with Crippen molar-refractivity contribution in [1.82, 2.24) is 14.1 Å². The van der Waals surface area contributed by atoms with Gasteiger partial charge >= 0.3 is 17.3 Å². The van der Waals surface area contributed by atoms with E-state index < -0.39 is 23.4 Å². The largest absolute Gasteiger partial charge is 0.491 e. The van der Waals surface area contributed by atoms with Crippen LogP contribution in [0.25, 0.3) is 0 Å². The van der Waals surface area contributed by atoms with Gasteiger partial charge in [0.25, 0.3) is 0 Å². The van der Waals surface area contributed by atoms with Crippen molar-refractivity contribution in [2.75, 3.05) is 11.9 Å². The van der Waals surface area contributed by atoms with Gasteiger partial charge in [-0.05, 0) is 62.2 Å². The molecule has 2 aromatic carbocycles. The molecule has 0 saturated carbocycles. The molecule has 34 heavy (non-hydrogen) atoms. The Bertz CT molecular complexity index is 1330. The molecule has 178 valence electrons. The van der Waals surface area contributed by atoms with E-state index in [2.05, 4.69) is 10.3 Å². The van der Waals surface area contributed by atoms with Crippen molar-refractivity contribution in [2.45, 2.75) is 45.9 Å². The van der Waals surface area contributed by atoms with Crippen molar-refractivity contribution in [3.63, 3.8) is 0 Å². The van der Waals surface area contributed by atoms with Gasteiger partial charge in [-0.15, -0.1) is 0 Å². The second kappa shape index (κ2) is 9.72. The SMILES string of the molecule is Cc1cc(Nc2nc(=O)n(C3CCOC3=O)c(=O)n2Cc2ccc(Cl)cc2)ccc1OC(C)C. The number of carbonyl (C=O) groups is 1. The van der Waals surface area contributed by atoms with Gasteiger partial charge in [0, 0.05) is 17.1 Å². The summed E-state index contributed by atoms with van der Waals surface area (Å²) >= 11 is 5.99. The van der Waals surface area contributed by atoms with E-state index in [0.717, 1.165) is 21.4 Å². The Hall–Kier alpha value is -3.59. The molecule has 10 heteroatoms. The number of aryl methyl sites for hydroxylation is 1. The first kappa shape index (κ1) is 23.6. The highest BCUT2D eigenvalue weighted by Gasteiger charge is 2.32. The van der Waals surface area contributed by atoms with Crippen molar-refractivity contribution in [3.05, 3.63) is 79.6 Å². The minimum atomic E-state index is -0.993. The lowest BCUT2D eigenvalue weighted by molar-refractivity contribution is -0.140. The van der Waals surface area contributed by atoms with Crippen LogP contribution in [0.15, 0.2) is 52.1 Å². The Labute approximate surface area is 200 Å². The number of cyclic esters (lactones) is 1. The number of carbonyl (C=O) groups excluding carboxylic acids is 1. The quantitative estimate of drug-likeness (QED) is 0.512. The monoisotopic (exact) mass is 484 g/mol. The summed E-state index contributed by atoms with van der Waals surface area (Å²) in [5, 5.41) is 3.64. The van der Waals surface area contributed by atoms with E-state index in [0.29, 0.717) is 10.7 Å². The molecule has 9 nitrogen and oxygen atoms in total. The van der Waals surface area contributed by atoms with Crippen molar-refractivity contribution in [2.24, 2.45) is 0 Å². The van der Waals surface area contributed by atoms with Crippen molar-refractivity contribution in [3.8, 4) is 5.75 Å². The van der Waals surface area contributed by atoms with Crippen LogP contribution in [0.1, 0.15) is 37.4 Å². The molecule has 1 atom stereocenters. The van der Waals surface area contributed by atoms with Crippen LogP contribution in [0.5, 0.6) is 5.75 Å². The molecule has 0 amide bonds. The van der Waals surface area contributed by atoms with E-state index in [1.54, 1.807) is 30.3 Å². The predicted molar refractivity (Wildman–Crippen MR) is 128 cm³/mol. The van der Waals surface area contributed by atoms with Gasteiger partial charge in [0.2, 0.25) is 5.95 Å². The lowest BCUT2D eigenvalue weighted by Gasteiger charge is -2.18. The zero-order valence-electron chi connectivity index (χ0n) is 19.1. The fourth-order valence-electron chi connectivity index (χ4n) is 3.75. The Morgan fingerprint density at radius 1 is 1.18 bits per heavy atom. The highest BCUT2D eigenvalue weighted by atomic mass is 35.5. The molecule has 1 aromatic heterocycles. The Balaban J connectivity index is 1.77. The molecule has 4 rings (SSSR count).